The van der Waals surface area contributed by atoms with E-state index in [-0.39, 0.29) is 5.75 Å². The molecule has 19 heavy (non-hydrogen) atoms. The molecule has 0 radical (unpaired) electrons. The molecule has 0 aliphatic carbocycles. The average Bonchev–Trinajstić information content (AvgIpc) is 2.77. The summed E-state index contributed by atoms with van der Waals surface area (Å²) in [4.78, 5) is 4.11. The van der Waals surface area contributed by atoms with Crippen LogP contribution in [-0.4, -0.2) is 11.6 Å². The van der Waals surface area contributed by atoms with E-state index in [0.29, 0.717) is 17.4 Å². The number of ether oxygens (including phenoxy) is 1. The van der Waals surface area contributed by atoms with Crippen LogP contribution in [0.4, 0.5) is 8.78 Å². The van der Waals surface area contributed by atoms with Gasteiger partial charge in [0.1, 0.15) is 15.1 Å². The molecule has 1 heterocycles. The first-order valence-electron chi connectivity index (χ1n) is 5.48. The lowest BCUT2D eigenvalue weighted by molar-refractivity contribution is -0.0498. The molecule has 0 aliphatic heterocycles. The maximum atomic E-state index is 12.0. The monoisotopic (exact) mass is 304 g/mol. The van der Waals surface area contributed by atoms with Gasteiger partial charge in [-0.05, 0) is 17.7 Å². The minimum Gasteiger partial charge on any atom is -0.435 e. The Morgan fingerprint density at radius 1 is 1.26 bits per heavy atom. The molecule has 0 atom stereocenters. The van der Waals surface area contributed by atoms with E-state index in [1.807, 2.05) is 0 Å². The standard InChI is InChI=1S/C12H11ClF2N2OS/c13-10-6-17-11(19-10)7-16-5-8-1-3-9(4-2-8)18-12(14)15/h1-4,6,12,16H,5,7H2. The molecule has 3 nitrogen and oxygen atoms in total. The average molecular weight is 305 g/mol. The Morgan fingerprint density at radius 3 is 2.58 bits per heavy atom. The Kier molecular flexibility index (Phi) is 5.07. The van der Waals surface area contributed by atoms with Crippen LogP contribution < -0.4 is 10.1 Å². The molecule has 1 aromatic carbocycles. The van der Waals surface area contributed by atoms with Crippen molar-refractivity contribution in [2.45, 2.75) is 19.7 Å². The summed E-state index contributed by atoms with van der Waals surface area (Å²) >= 11 is 7.19. The van der Waals surface area contributed by atoms with Gasteiger partial charge in [0.15, 0.2) is 0 Å². The molecule has 1 N–H and O–H groups in total. The highest BCUT2D eigenvalue weighted by atomic mass is 35.5. The topological polar surface area (TPSA) is 34.1 Å². The second-order valence-corrected chi connectivity index (χ2v) is 5.43. The zero-order chi connectivity index (χ0) is 13.7. The van der Waals surface area contributed by atoms with Crippen molar-refractivity contribution in [1.82, 2.24) is 10.3 Å². The third-order valence-electron chi connectivity index (χ3n) is 2.28. The van der Waals surface area contributed by atoms with E-state index in [0.717, 1.165) is 10.6 Å². The van der Waals surface area contributed by atoms with Gasteiger partial charge in [0.05, 0.1) is 6.20 Å². The summed E-state index contributed by atoms with van der Waals surface area (Å²) < 4.78 is 28.9. The molecule has 0 spiro atoms. The van der Waals surface area contributed by atoms with Crippen molar-refractivity contribution in [2.75, 3.05) is 0 Å². The number of thiazole rings is 1. The Morgan fingerprint density at radius 2 is 2.00 bits per heavy atom. The number of nitrogens with one attached hydrogen (secondary N) is 1. The van der Waals surface area contributed by atoms with Crippen LogP contribution in [-0.2, 0) is 13.1 Å². The maximum absolute atomic E-state index is 12.0. The van der Waals surface area contributed by atoms with Crippen LogP contribution in [0.2, 0.25) is 4.34 Å². The normalized spacial score (nSPS) is 10.9. The summed E-state index contributed by atoms with van der Waals surface area (Å²) in [6.07, 6.45) is 1.61. The number of nitrogens with zero attached hydrogens (tertiary/aromatic N) is 1. The summed E-state index contributed by atoms with van der Waals surface area (Å²) in [5.74, 6) is 0.158. The molecule has 7 heteroatoms. The Labute approximate surface area is 118 Å². The number of rotatable bonds is 6. The fourth-order valence-corrected chi connectivity index (χ4v) is 2.40. The lowest BCUT2D eigenvalue weighted by Crippen LogP contribution is -2.12. The molecule has 2 aromatic rings. The number of hydrogen-bond acceptors (Lipinski definition) is 4. The number of benzene rings is 1. The predicted octanol–water partition coefficient (Wildman–Crippen LogP) is 3.69. The summed E-state index contributed by atoms with van der Waals surface area (Å²) in [6.45, 7) is -1.56. The molecule has 0 unspecified atom stereocenters. The zero-order valence-electron chi connectivity index (χ0n) is 9.78. The van der Waals surface area contributed by atoms with E-state index in [1.54, 1.807) is 18.3 Å². The van der Waals surface area contributed by atoms with E-state index in [1.165, 1.54) is 23.5 Å². The van der Waals surface area contributed by atoms with Crippen LogP contribution in [0.3, 0.4) is 0 Å². The fraction of sp³-hybridized carbons (Fsp3) is 0.250. The Bertz CT molecular complexity index is 519. The molecule has 0 bridgehead atoms. The molecular weight excluding hydrogens is 294 g/mol. The van der Waals surface area contributed by atoms with E-state index in [4.69, 9.17) is 11.6 Å². The molecule has 1 aromatic heterocycles. The van der Waals surface area contributed by atoms with Crippen LogP contribution in [0.15, 0.2) is 30.5 Å². The van der Waals surface area contributed by atoms with Gasteiger partial charge in [-0.25, -0.2) is 4.98 Å². The highest BCUT2D eigenvalue weighted by Gasteiger charge is 2.04. The number of halogens is 3. The van der Waals surface area contributed by atoms with Crippen LogP contribution >= 0.6 is 22.9 Å². The van der Waals surface area contributed by atoms with Crippen LogP contribution in [0.5, 0.6) is 5.75 Å². The van der Waals surface area contributed by atoms with Crippen LogP contribution in [0.25, 0.3) is 0 Å². The van der Waals surface area contributed by atoms with Gasteiger partial charge in [-0.3, -0.25) is 0 Å². The van der Waals surface area contributed by atoms with Crippen molar-refractivity contribution in [3.05, 3.63) is 45.4 Å². The summed E-state index contributed by atoms with van der Waals surface area (Å²) in [6, 6.07) is 6.51. The van der Waals surface area contributed by atoms with E-state index in [2.05, 4.69) is 15.0 Å². The Balaban J connectivity index is 1.79. The minimum atomic E-state index is -2.79. The Hall–Kier alpha value is -1.24. The molecule has 0 saturated heterocycles. The van der Waals surface area contributed by atoms with Crippen molar-refractivity contribution in [3.63, 3.8) is 0 Å². The number of alkyl halides is 2. The van der Waals surface area contributed by atoms with Crippen molar-refractivity contribution in [1.29, 1.82) is 0 Å². The highest BCUT2D eigenvalue weighted by molar-refractivity contribution is 7.15. The third kappa shape index (κ3) is 4.74. The van der Waals surface area contributed by atoms with Crippen molar-refractivity contribution in [3.8, 4) is 5.75 Å². The van der Waals surface area contributed by atoms with E-state index < -0.39 is 6.61 Å². The molecule has 0 saturated carbocycles. The van der Waals surface area contributed by atoms with Gasteiger partial charge >= 0.3 is 6.61 Å². The zero-order valence-corrected chi connectivity index (χ0v) is 11.3. The van der Waals surface area contributed by atoms with Gasteiger partial charge in [-0.2, -0.15) is 8.78 Å². The molecule has 0 aliphatic rings. The smallest absolute Gasteiger partial charge is 0.387 e. The molecule has 2 rings (SSSR count). The second kappa shape index (κ2) is 6.79. The second-order valence-electron chi connectivity index (χ2n) is 3.68. The van der Waals surface area contributed by atoms with Gasteiger partial charge in [-0.15, -0.1) is 11.3 Å². The first-order chi connectivity index (χ1) is 9.13. The van der Waals surface area contributed by atoms with E-state index >= 15 is 0 Å². The lowest BCUT2D eigenvalue weighted by Gasteiger charge is -2.06. The summed E-state index contributed by atoms with van der Waals surface area (Å²) in [5.41, 5.74) is 0.976. The first kappa shape index (κ1) is 14.2. The lowest BCUT2D eigenvalue weighted by atomic mass is 10.2. The third-order valence-corrected chi connectivity index (χ3v) is 3.39. The van der Waals surface area contributed by atoms with Crippen LogP contribution in [0.1, 0.15) is 10.6 Å². The number of aromatic nitrogens is 1. The minimum absolute atomic E-state index is 0.158. The SMILES string of the molecule is FC(F)Oc1ccc(CNCc2ncc(Cl)s2)cc1. The van der Waals surface area contributed by atoms with Gasteiger partial charge < -0.3 is 10.1 Å². The molecule has 0 fully saturated rings. The quantitative estimate of drug-likeness (QED) is 0.884. The predicted molar refractivity (Wildman–Crippen MR) is 70.7 cm³/mol. The van der Waals surface area contributed by atoms with Crippen molar-refractivity contribution >= 4 is 22.9 Å². The summed E-state index contributed by atoms with van der Waals surface area (Å²) in [5, 5.41) is 4.10. The highest BCUT2D eigenvalue weighted by Crippen LogP contribution is 2.18. The largest absolute Gasteiger partial charge is 0.435 e. The van der Waals surface area contributed by atoms with E-state index in [9.17, 15) is 8.78 Å². The van der Waals surface area contributed by atoms with Crippen molar-refractivity contribution < 1.29 is 13.5 Å². The van der Waals surface area contributed by atoms with Gasteiger partial charge in [-0.1, -0.05) is 23.7 Å². The molecule has 102 valence electrons. The number of hydrogen-bond donors (Lipinski definition) is 1. The van der Waals surface area contributed by atoms with Gasteiger partial charge in [0.25, 0.3) is 0 Å². The van der Waals surface area contributed by atoms with Crippen molar-refractivity contribution in [2.24, 2.45) is 0 Å². The van der Waals surface area contributed by atoms with Gasteiger partial charge in [0, 0.05) is 13.1 Å². The maximum Gasteiger partial charge on any atom is 0.387 e. The first-order valence-corrected chi connectivity index (χ1v) is 6.67. The molecular formula is C12H11ClF2N2OS. The van der Waals surface area contributed by atoms with Gasteiger partial charge in [0.2, 0.25) is 0 Å². The van der Waals surface area contributed by atoms with Crippen LogP contribution in [0, 0.1) is 0 Å². The molecule has 0 amide bonds. The fourth-order valence-electron chi connectivity index (χ4n) is 1.47. The summed E-state index contributed by atoms with van der Waals surface area (Å²) in [7, 11) is 0.